The maximum Gasteiger partial charge on any atom is 0.303 e. The second-order valence-electron chi connectivity index (χ2n) is 12.6. The van der Waals surface area contributed by atoms with Gasteiger partial charge in [0, 0.05) is 29.7 Å². The fourth-order valence-electron chi connectivity index (χ4n) is 6.72. The van der Waals surface area contributed by atoms with Crippen LogP contribution in [-0.4, -0.2) is 65.5 Å². The van der Waals surface area contributed by atoms with E-state index < -0.39 is 47.0 Å². The van der Waals surface area contributed by atoms with Gasteiger partial charge in [0.15, 0.2) is 11.2 Å². The summed E-state index contributed by atoms with van der Waals surface area (Å²) in [5, 5.41) is 11.8. The molecule has 3 heterocycles. The molecule has 10 nitrogen and oxygen atoms in total. The summed E-state index contributed by atoms with van der Waals surface area (Å²) in [4.78, 5) is 55.2. The smallest absolute Gasteiger partial charge is 0.303 e. The number of epoxide rings is 1. The number of carbonyl (C=O) groups is 3. The van der Waals surface area contributed by atoms with Crippen molar-refractivity contribution in [2.24, 2.45) is 0 Å². The highest BCUT2D eigenvalue weighted by Crippen LogP contribution is 2.48. The highest BCUT2D eigenvalue weighted by atomic mass is 16.6. The van der Waals surface area contributed by atoms with Crippen molar-refractivity contribution in [1.82, 2.24) is 4.90 Å². The second kappa shape index (κ2) is 9.57. The largest absolute Gasteiger partial charge is 0.507 e. The Balaban J connectivity index is 1.49. The van der Waals surface area contributed by atoms with Gasteiger partial charge in [0.2, 0.25) is 5.78 Å². The van der Waals surface area contributed by atoms with Crippen molar-refractivity contribution in [3.63, 3.8) is 0 Å². The summed E-state index contributed by atoms with van der Waals surface area (Å²) in [6, 6.07) is 6.03. The number of fused-ring (bicyclic) bond motifs is 4. The van der Waals surface area contributed by atoms with E-state index in [9.17, 15) is 24.3 Å². The van der Waals surface area contributed by atoms with Gasteiger partial charge < -0.3 is 28.6 Å². The number of nitrogens with zero attached hydrogens (tertiary/aromatic N) is 1. The molecule has 0 spiro atoms. The normalized spacial score (nSPS) is 29.9. The number of aromatic hydroxyl groups is 1. The van der Waals surface area contributed by atoms with Gasteiger partial charge in [-0.15, -0.1) is 0 Å². The number of benzene rings is 2. The van der Waals surface area contributed by atoms with Gasteiger partial charge in [-0.05, 0) is 72.8 Å². The van der Waals surface area contributed by atoms with Gasteiger partial charge in [-0.3, -0.25) is 19.2 Å². The minimum atomic E-state index is -0.822. The molecule has 226 valence electrons. The number of aryl methyl sites for hydroxylation is 1. The van der Waals surface area contributed by atoms with E-state index in [-0.39, 0.29) is 56.3 Å². The van der Waals surface area contributed by atoms with Gasteiger partial charge in [0.25, 0.3) is 0 Å². The van der Waals surface area contributed by atoms with Gasteiger partial charge in [0.05, 0.1) is 40.4 Å². The zero-order valence-electron chi connectivity index (χ0n) is 25.5. The lowest BCUT2D eigenvalue weighted by molar-refractivity contribution is -0.201. The number of esters is 1. The minimum Gasteiger partial charge on any atom is -0.507 e. The summed E-state index contributed by atoms with van der Waals surface area (Å²) in [6.07, 6.45) is -1.68. The fourth-order valence-corrected chi connectivity index (χ4v) is 6.72. The molecule has 3 aromatic rings. The van der Waals surface area contributed by atoms with Crippen LogP contribution in [0.2, 0.25) is 0 Å². The monoisotopic (exact) mass is 589 g/mol. The number of hydrogen-bond acceptors (Lipinski definition) is 10. The molecule has 6 rings (SSSR count). The van der Waals surface area contributed by atoms with Crippen LogP contribution in [-0.2, 0) is 24.6 Å². The average molecular weight is 590 g/mol. The Labute approximate surface area is 248 Å². The van der Waals surface area contributed by atoms with Crippen molar-refractivity contribution in [1.29, 1.82) is 0 Å². The molecule has 0 radical (unpaired) electrons. The molecule has 6 atom stereocenters. The van der Waals surface area contributed by atoms with Crippen LogP contribution in [0.15, 0.2) is 33.5 Å². The lowest BCUT2D eigenvalue weighted by atomic mass is 9.77. The zero-order chi connectivity index (χ0) is 31.3. The SMILES string of the molecule is CC(=O)O[C@H]1[C@H](C)O[C@@H](c2ccc3c(c2O)C(=O)c2c(cc(C)c4c(=O)cc([C@@]5(C)O[C@@H]5C)oc24)C3=O)C[C@@]1(C)N(C)C. The van der Waals surface area contributed by atoms with Gasteiger partial charge >= 0.3 is 5.97 Å². The van der Waals surface area contributed by atoms with E-state index >= 15 is 0 Å². The molecule has 2 aliphatic heterocycles. The molecule has 1 aromatic heterocycles. The topological polar surface area (TPSA) is 136 Å². The Morgan fingerprint density at radius 2 is 1.72 bits per heavy atom. The predicted molar refractivity (Wildman–Crippen MR) is 156 cm³/mol. The Kier molecular flexibility index (Phi) is 6.50. The van der Waals surface area contributed by atoms with Crippen molar-refractivity contribution in [3.8, 4) is 5.75 Å². The highest BCUT2D eigenvalue weighted by Gasteiger charge is 2.53. The summed E-state index contributed by atoms with van der Waals surface area (Å²) in [5.74, 6) is -1.62. The molecule has 10 heteroatoms. The molecule has 0 amide bonds. The summed E-state index contributed by atoms with van der Waals surface area (Å²) in [7, 11) is 3.75. The molecule has 1 N–H and O–H groups in total. The van der Waals surface area contributed by atoms with Crippen LogP contribution in [0.1, 0.15) is 95.9 Å². The molecular formula is C33H35NO9. The third kappa shape index (κ3) is 4.18. The molecule has 0 unspecified atom stereocenters. The summed E-state index contributed by atoms with van der Waals surface area (Å²) in [6.45, 7) is 10.4. The third-order valence-electron chi connectivity index (χ3n) is 9.66. The molecule has 2 fully saturated rings. The molecule has 0 saturated carbocycles. The van der Waals surface area contributed by atoms with Crippen molar-refractivity contribution < 1.29 is 38.1 Å². The number of ether oxygens (including phenoxy) is 3. The van der Waals surface area contributed by atoms with Gasteiger partial charge in [-0.25, -0.2) is 0 Å². The van der Waals surface area contributed by atoms with E-state index in [1.165, 1.54) is 25.1 Å². The maximum absolute atomic E-state index is 14.2. The Bertz CT molecular complexity index is 1810. The van der Waals surface area contributed by atoms with E-state index in [0.717, 1.165) is 0 Å². The summed E-state index contributed by atoms with van der Waals surface area (Å²) >= 11 is 0. The predicted octanol–water partition coefficient (Wildman–Crippen LogP) is 4.32. The van der Waals surface area contributed by atoms with Gasteiger partial charge in [0.1, 0.15) is 28.8 Å². The first kappa shape index (κ1) is 29.2. The fraction of sp³-hybridized carbons (Fsp3) is 0.455. The first-order chi connectivity index (χ1) is 20.1. The lowest BCUT2D eigenvalue weighted by Gasteiger charge is -2.50. The molecule has 3 aliphatic rings. The Morgan fingerprint density at radius 1 is 1.05 bits per heavy atom. The van der Waals surface area contributed by atoms with Crippen LogP contribution >= 0.6 is 0 Å². The number of carbonyl (C=O) groups excluding carboxylic acids is 3. The van der Waals surface area contributed by atoms with E-state index in [1.54, 1.807) is 26.8 Å². The van der Waals surface area contributed by atoms with Gasteiger partial charge in [-0.2, -0.15) is 0 Å². The second-order valence-corrected chi connectivity index (χ2v) is 12.6. The number of likely N-dealkylation sites (N-methyl/N-ethyl adjacent to an activating group) is 1. The van der Waals surface area contributed by atoms with Crippen molar-refractivity contribution in [2.75, 3.05) is 14.1 Å². The van der Waals surface area contributed by atoms with Crippen LogP contribution in [0.25, 0.3) is 11.0 Å². The van der Waals surface area contributed by atoms with Crippen molar-refractivity contribution >= 4 is 28.5 Å². The molecule has 2 saturated heterocycles. The van der Waals surface area contributed by atoms with Crippen LogP contribution in [0.3, 0.4) is 0 Å². The average Bonchev–Trinajstić information content (AvgIpc) is 3.55. The van der Waals surface area contributed by atoms with E-state index in [4.69, 9.17) is 18.6 Å². The first-order valence-corrected chi connectivity index (χ1v) is 14.3. The molecule has 0 bridgehead atoms. The van der Waals surface area contributed by atoms with Crippen molar-refractivity contribution in [2.45, 2.75) is 83.5 Å². The number of rotatable bonds is 4. The van der Waals surface area contributed by atoms with Crippen LogP contribution in [0, 0.1) is 6.92 Å². The number of phenolic OH excluding ortho intramolecular Hbond substituents is 1. The van der Waals surface area contributed by atoms with E-state index in [1.807, 2.05) is 32.8 Å². The quantitative estimate of drug-likeness (QED) is 0.271. The lowest BCUT2D eigenvalue weighted by Crippen LogP contribution is -2.61. The van der Waals surface area contributed by atoms with E-state index in [2.05, 4.69) is 0 Å². The molecule has 1 aliphatic carbocycles. The van der Waals surface area contributed by atoms with Gasteiger partial charge in [-0.1, -0.05) is 6.07 Å². The number of phenols is 1. The number of hydrogen-bond donors (Lipinski definition) is 1. The Hall–Kier alpha value is -3.86. The molecule has 2 aromatic carbocycles. The van der Waals surface area contributed by atoms with Crippen LogP contribution in [0.5, 0.6) is 5.75 Å². The third-order valence-corrected chi connectivity index (χ3v) is 9.66. The number of ketones is 2. The van der Waals surface area contributed by atoms with Crippen molar-refractivity contribution in [3.05, 3.63) is 73.6 Å². The summed E-state index contributed by atoms with van der Waals surface area (Å²) < 4.78 is 23.8. The first-order valence-electron chi connectivity index (χ1n) is 14.3. The van der Waals surface area contributed by atoms with Crippen LogP contribution < -0.4 is 5.43 Å². The summed E-state index contributed by atoms with van der Waals surface area (Å²) in [5.41, 5.74) is -1.07. The Morgan fingerprint density at radius 3 is 2.33 bits per heavy atom. The standard InChI is InChI=1S/C33H35NO9/c1-14-11-20-26(30-24(14)21(36)12-23(42-30)33(6)16(3)43-33)29(39)25-19(27(20)37)10-9-18(28(25)38)22-13-32(5,34(7)8)31(15(2)40-22)41-17(4)35/h9-12,15-16,22,31,38H,13H2,1-8H3/t15-,16+,22+,31-,32+,33-/m0/s1. The van der Waals surface area contributed by atoms with Crippen LogP contribution in [0.4, 0.5) is 0 Å². The zero-order valence-corrected chi connectivity index (χ0v) is 25.5. The highest BCUT2D eigenvalue weighted by molar-refractivity contribution is 6.32. The molecular weight excluding hydrogens is 554 g/mol. The molecule has 43 heavy (non-hydrogen) atoms. The van der Waals surface area contributed by atoms with E-state index in [0.29, 0.717) is 17.5 Å². The minimum absolute atomic E-state index is 0.00201. The maximum atomic E-state index is 14.2.